The Hall–Kier alpha value is -1.07. The average Bonchev–Trinajstić information content (AvgIpc) is 2.33. The van der Waals surface area contributed by atoms with Crippen molar-refractivity contribution in [2.75, 3.05) is 30.7 Å². The number of nitrogen functional groups attached to an aromatic ring is 1. The molecule has 1 amide bonds. The largest absolute Gasteiger partial charge is 0.399 e. The summed E-state index contributed by atoms with van der Waals surface area (Å²) >= 11 is 3.39. The number of nitrogens with two attached hydrogens (primary N) is 1. The normalized spacial score (nSPS) is 10.7. The molecule has 0 bridgehead atoms. The van der Waals surface area contributed by atoms with E-state index in [0.29, 0.717) is 12.2 Å². The predicted molar refractivity (Wildman–Crippen MR) is 84.2 cm³/mol. The molecule has 0 atom stereocenters. The third kappa shape index (κ3) is 5.61. The van der Waals surface area contributed by atoms with Gasteiger partial charge in [-0.1, -0.05) is 13.8 Å². The van der Waals surface area contributed by atoms with E-state index < -0.39 is 0 Å². The Kier molecular flexibility index (Phi) is 6.87. The van der Waals surface area contributed by atoms with Crippen molar-refractivity contribution in [2.24, 2.45) is 0 Å². The minimum Gasteiger partial charge on any atom is -0.399 e. The summed E-state index contributed by atoms with van der Waals surface area (Å²) in [5.74, 6) is 0.00683. The van der Waals surface area contributed by atoms with E-state index in [1.807, 2.05) is 0 Å². The van der Waals surface area contributed by atoms with Crippen molar-refractivity contribution in [1.29, 1.82) is 0 Å². The van der Waals surface area contributed by atoms with E-state index >= 15 is 0 Å². The highest BCUT2D eigenvalue weighted by Crippen LogP contribution is 2.24. The summed E-state index contributed by atoms with van der Waals surface area (Å²) in [6, 6.07) is 5.36. The molecule has 0 aliphatic rings. The van der Waals surface area contributed by atoms with Gasteiger partial charge in [-0.05, 0) is 60.1 Å². The van der Waals surface area contributed by atoms with Gasteiger partial charge in [-0.15, -0.1) is 0 Å². The molecular formula is C14H22BrN3O. The number of carbonyl (C=O) groups is 1. The lowest BCUT2D eigenvalue weighted by Crippen LogP contribution is -2.34. The van der Waals surface area contributed by atoms with Gasteiger partial charge in [-0.25, -0.2) is 0 Å². The van der Waals surface area contributed by atoms with Gasteiger partial charge in [0.15, 0.2) is 0 Å². The second-order valence-corrected chi connectivity index (χ2v) is 5.42. The molecule has 5 heteroatoms. The summed E-state index contributed by atoms with van der Waals surface area (Å²) in [4.78, 5) is 14.2. The smallest absolute Gasteiger partial charge is 0.238 e. The van der Waals surface area contributed by atoms with Crippen LogP contribution in [0.4, 0.5) is 11.4 Å². The highest BCUT2D eigenvalue weighted by Gasteiger charge is 2.10. The van der Waals surface area contributed by atoms with Crippen LogP contribution in [0.15, 0.2) is 22.7 Å². The maximum Gasteiger partial charge on any atom is 0.238 e. The molecular weight excluding hydrogens is 306 g/mol. The first-order chi connectivity index (χ1) is 9.06. The first-order valence-corrected chi connectivity index (χ1v) is 7.43. The molecule has 0 spiro atoms. The highest BCUT2D eigenvalue weighted by molar-refractivity contribution is 9.10. The monoisotopic (exact) mass is 327 g/mol. The van der Waals surface area contributed by atoms with Crippen molar-refractivity contribution in [3.05, 3.63) is 22.7 Å². The third-order valence-electron chi connectivity index (χ3n) is 2.71. The molecule has 0 unspecified atom stereocenters. The van der Waals surface area contributed by atoms with Gasteiger partial charge in [0.05, 0.1) is 12.2 Å². The minimum atomic E-state index is 0.00683. The Balaban J connectivity index is 2.58. The fourth-order valence-corrected chi connectivity index (χ4v) is 2.42. The van der Waals surface area contributed by atoms with Crippen molar-refractivity contribution in [1.82, 2.24) is 4.90 Å². The number of rotatable bonds is 7. The zero-order valence-electron chi connectivity index (χ0n) is 11.6. The lowest BCUT2D eigenvalue weighted by Gasteiger charge is -2.20. The van der Waals surface area contributed by atoms with Crippen molar-refractivity contribution in [3.63, 3.8) is 0 Å². The number of hydrogen-bond donors (Lipinski definition) is 2. The summed E-state index contributed by atoms with van der Waals surface area (Å²) in [6.07, 6.45) is 2.11. The molecule has 3 N–H and O–H groups in total. The van der Waals surface area contributed by atoms with E-state index in [9.17, 15) is 4.79 Å². The summed E-state index contributed by atoms with van der Waals surface area (Å²) in [5.41, 5.74) is 7.09. The highest BCUT2D eigenvalue weighted by atomic mass is 79.9. The first-order valence-electron chi connectivity index (χ1n) is 6.64. The zero-order valence-corrected chi connectivity index (χ0v) is 13.2. The lowest BCUT2D eigenvalue weighted by atomic mass is 10.3. The molecule has 0 fully saturated rings. The standard InChI is InChI=1S/C14H22BrN3O/c1-3-7-18(8-4-2)10-14(19)17-13-6-5-11(16)9-12(13)15/h5-6,9H,3-4,7-8,10,16H2,1-2H3,(H,17,19). The molecule has 0 aliphatic heterocycles. The Morgan fingerprint density at radius 3 is 2.47 bits per heavy atom. The number of benzene rings is 1. The molecule has 1 aromatic rings. The van der Waals surface area contributed by atoms with Crippen LogP contribution in [0.1, 0.15) is 26.7 Å². The number of nitrogens with zero attached hydrogens (tertiary/aromatic N) is 1. The molecule has 106 valence electrons. The van der Waals surface area contributed by atoms with E-state index in [4.69, 9.17) is 5.73 Å². The van der Waals surface area contributed by atoms with Crippen LogP contribution >= 0.6 is 15.9 Å². The molecule has 0 heterocycles. The average molecular weight is 328 g/mol. The molecule has 0 aromatic heterocycles. The van der Waals surface area contributed by atoms with Crippen LogP contribution in [0.3, 0.4) is 0 Å². The second-order valence-electron chi connectivity index (χ2n) is 4.56. The molecule has 19 heavy (non-hydrogen) atoms. The summed E-state index contributed by atoms with van der Waals surface area (Å²) in [7, 11) is 0. The summed E-state index contributed by atoms with van der Waals surface area (Å²) < 4.78 is 0.804. The minimum absolute atomic E-state index is 0.00683. The molecule has 0 saturated carbocycles. The SMILES string of the molecule is CCCN(CCC)CC(=O)Nc1ccc(N)cc1Br. The van der Waals surface area contributed by atoms with E-state index in [-0.39, 0.29) is 5.91 Å². The first kappa shape index (κ1) is 16.0. The van der Waals surface area contributed by atoms with Crippen molar-refractivity contribution >= 4 is 33.2 Å². The third-order valence-corrected chi connectivity index (χ3v) is 3.37. The predicted octanol–water partition coefficient (Wildman–Crippen LogP) is 3.09. The van der Waals surface area contributed by atoms with E-state index in [1.165, 1.54) is 0 Å². The van der Waals surface area contributed by atoms with Crippen LogP contribution in [0.25, 0.3) is 0 Å². The Morgan fingerprint density at radius 1 is 1.32 bits per heavy atom. The molecule has 0 saturated heterocycles. The van der Waals surface area contributed by atoms with Crippen LogP contribution < -0.4 is 11.1 Å². The van der Waals surface area contributed by atoms with Gasteiger partial charge in [0, 0.05) is 10.2 Å². The van der Waals surface area contributed by atoms with Crippen LogP contribution in [0.2, 0.25) is 0 Å². The molecule has 0 aliphatic carbocycles. The fourth-order valence-electron chi connectivity index (χ4n) is 1.93. The van der Waals surface area contributed by atoms with Crippen molar-refractivity contribution < 1.29 is 4.79 Å². The number of hydrogen-bond acceptors (Lipinski definition) is 3. The Morgan fingerprint density at radius 2 is 1.95 bits per heavy atom. The number of carbonyl (C=O) groups excluding carboxylic acids is 1. The van der Waals surface area contributed by atoms with Crippen LogP contribution in [0.5, 0.6) is 0 Å². The molecule has 4 nitrogen and oxygen atoms in total. The van der Waals surface area contributed by atoms with E-state index in [1.54, 1.807) is 18.2 Å². The van der Waals surface area contributed by atoms with Gasteiger partial charge in [-0.2, -0.15) is 0 Å². The van der Waals surface area contributed by atoms with Crippen molar-refractivity contribution in [2.45, 2.75) is 26.7 Å². The zero-order chi connectivity index (χ0) is 14.3. The second kappa shape index (κ2) is 8.17. The number of nitrogens with one attached hydrogen (secondary N) is 1. The van der Waals surface area contributed by atoms with E-state index in [0.717, 1.165) is 36.1 Å². The van der Waals surface area contributed by atoms with Crippen LogP contribution in [0, 0.1) is 0 Å². The number of anilines is 2. The quantitative estimate of drug-likeness (QED) is 0.756. The van der Waals surface area contributed by atoms with Gasteiger partial charge in [-0.3, -0.25) is 9.69 Å². The van der Waals surface area contributed by atoms with Gasteiger partial charge in [0.25, 0.3) is 0 Å². The summed E-state index contributed by atoms with van der Waals surface area (Å²) in [5, 5.41) is 2.90. The van der Waals surface area contributed by atoms with Crippen LogP contribution in [-0.2, 0) is 4.79 Å². The van der Waals surface area contributed by atoms with Gasteiger partial charge in [0.2, 0.25) is 5.91 Å². The Labute approximate surface area is 123 Å². The number of halogens is 1. The van der Waals surface area contributed by atoms with Crippen LogP contribution in [-0.4, -0.2) is 30.4 Å². The number of amides is 1. The topological polar surface area (TPSA) is 58.4 Å². The summed E-state index contributed by atoms with van der Waals surface area (Å²) in [6.45, 7) is 6.57. The van der Waals surface area contributed by atoms with Gasteiger partial charge >= 0.3 is 0 Å². The molecule has 0 radical (unpaired) electrons. The van der Waals surface area contributed by atoms with Gasteiger partial charge < -0.3 is 11.1 Å². The lowest BCUT2D eigenvalue weighted by molar-refractivity contribution is -0.117. The maximum absolute atomic E-state index is 12.0. The molecule has 1 aromatic carbocycles. The Bertz CT molecular complexity index is 417. The maximum atomic E-state index is 12.0. The fraction of sp³-hybridized carbons (Fsp3) is 0.500. The molecule has 1 rings (SSSR count). The van der Waals surface area contributed by atoms with Gasteiger partial charge in [0.1, 0.15) is 0 Å². The van der Waals surface area contributed by atoms with E-state index in [2.05, 4.69) is 40.0 Å². The van der Waals surface area contributed by atoms with Crippen molar-refractivity contribution in [3.8, 4) is 0 Å².